The van der Waals surface area contributed by atoms with E-state index in [1.54, 1.807) is 24.3 Å². The van der Waals surface area contributed by atoms with Crippen LogP contribution >= 0.6 is 11.8 Å². The van der Waals surface area contributed by atoms with Gasteiger partial charge in [0.1, 0.15) is 5.75 Å². The van der Waals surface area contributed by atoms with Crippen LogP contribution in [0.2, 0.25) is 0 Å². The molecule has 130 valence electrons. The van der Waals surface area contributed by atoms with E-state index in [4.69, 9.17) is 10.5 Å². The summed E-state index contributed by atoms with van der Waals surface area (Å²) in [4.78, 5) is 22.4. The van der Waals surface area contributed by atoms with E-state index in [1.165, 1.54) is 23.5 Å². The number of ether oxygens (including phenoxy) is 1. The SMILES string of the molecule is NC(=O)COc1ccc(/C=N/NC(=O)CSCc2ccccc2)cc1. The van der Waals surface area contributed by atoms with E-state index in [9.17, 15) is 9.59 Å². The molecule has 6 nitrogen and oxygen atoms in total. The zero-order chi connectivity index (χ0) is 17.9. The van der Waals surface area contributed by atoms with Gasteiger partial charge in [0, 0.05) is 5.75 Å². The summed E-state index contributed by atoms with van der Waals surface area (Å²) < 4.78 is 5.15. The molecule has 0 aliphatic rings. The maximum atomic E-state index is 11.7. The summed E-state index contributed by atoms with van der Waals surface area (Å²) in [6.07, 6.45) is 1.54. The molecular formula is C18H19N3O3S. The number of carbonyl (C=O) groups is 2. The van der Waals surface area contributed by atoms with Gasteiger partial charge < -0.3 is 10.5 Å². The summed E-state index contributed by atoms with van der Waals surface area (Å²) in [5.41, 5.74) is 9.47. The Morgan fingerprint density at radius 1 is 1.12 bits per heavy atom. The molecule has 2 aromatic carbocycles. The van der Waals surface area contributed by atoms with Gasteiger partial charge in [0.15, 0.2) is 6.61 Å². The number of benzene rings is 2. The van der Waals surface area contributed by atoms with Crippen LogP contribution in [0.3, 0.4) is 0 Å². The highest BCUT2D eigenvalue weighted by Crippen LogP contribution is 2.12. The first-order valence-corrected chi connectivity index (χ1v) is 8.73. The Hall–Kier alpha value is -2.80. The number of hydrazone groups is 1. The van der Waals surface area contributed by atoms with Crippen molar-refractivity contribution >= 4 is 29.8 Å². The molecule has 0 unspecified atom stereocenters. The second-order valence-corrected chi connectivity index (χ2v) is 6.08. The second kappa shape index (κ2) is 10.1. The van der Waals surface area contributed by atoms with Crippen molar-refractivity contribution in [2.24, 2.45) is 10.8 Å². The third-order valence-corrected chi connectivity index (χ3v) is 4.01. The van der Waals surface area contributed by atoms with E-state index in [2.05, 4.69) is 10.5 Å². The van der Waals surface area contributed by atoms with Crippen LogP contribution in [0.5, 0.6) is 5.75 Å². The normalized spacial score (nSPS) is 10.6. The largest absolute Gasteiger partial charge is 0.484 e. The van der Waals surface area contributed by atoms with Gasteiger partial charge in [-0.1, -0.05) is 30.3 Å². The van der Waals surface area contributed by atoms with E-state index in [0.29, 0.717) is 11.5 Å². The summed E-state index contributed by atoms with van der Waals surface area (Å²) in [6.45, 7) is -0.163. The number of carbonyl (C=O) groups excluding carboxylic acids is 2. The number of primary amides is 1. The average Bonchev–Trinajstić information content (AvgIpc) is 2.62. The zero-order valence-corrected chi connectivity index (χ0v) is 14.4. The molecule has 0 aliphatic carbocycles. The van der Waals surface area contributed by atoms with Crippen LogP contribution in [0.15, 0.2) is 59.7 Å². The number of hydrogen-bond donors (Lipinski definition) is 2. The standard InChI is InChI=1S/C18H19N3O3S/c19-17(22)11-24-16-8-6-14(7-9-16)10-20-21-18(23)13-25-12-15-4-2-1-3-5-15/h1-10H,11-13H2,(H2,19,22)(H,21,23)/b20-10+. The molecule has 7 heteroatoms. The van der Waals surface area contributed by atoms with Crippen molar-refractivity contribution in [3.8, 4) is 5.75 Å². The lowest BCUT2D eigenvalue weighted by Gasteiger charge is -2.03. The first-order valence-electron chi connectivity index (χ1n) is 7.58. The summed E-state index contributed by atoms with van der Waals surface area (Å²) in [5, 5.41) is 3.92. The average molecular weight is 357 g/mol. The molecule has 0 saturated heterocycles. The number of amides is 2. The Morgan fingerprint density at radius 3 is 2.52 bits per heavy atom. The summed E-state index contributed by atoms with van der Waals surface area (Å²) >= 11 is 1.53. The Morgan fingerprint density at radius 2 is 1.84 bits per heavy atom. The van der Waals surface area contributed by atoms with E-state index in [0.717, 1.165) is 11.3 Å². The van der Waals surface area contributed by atoms with Crippen molar-refractivity contribution < 1.29 is 14.3 Å². The first kappa shape index (κ1) is 18.5. The number of nitrogens with one attached hydrogen (secondary N) is 1. The Balaban J connectivity index is 1.69. The van der Waals surface area contributed by atoms with Crippen LogP contribution in [0.1, 0.15) is 11.1 Å². The quantitative estimate of drug-likeness (QED) is 0.530. The molecule has 2 amide bonds. The van der Waals surface area contributed by atoms with Gasteiger partial charge in [-0.3, -0.25) is 9.59 Å². The third-order valence-electron chi connectivity index (χ3n) is 3.01. The first-order chi connectivity index (χ1) is 12.1. The number of nitrogens with zero attached hydrogens (tertiary/aromatic N) is 1. The fraction of sp³-hybridized carbons (Fsp3) is 0.167. The van der Waals surface area contributed by atoms with E-state index < -0.39 is 5.91 Å². The highest BCUT2D eigenvalue weighted by Gasteiger charge is 2.01. The van der Waals surface area contributed by atoms with Crippen molar-refractivity contribution in [1.29, 1.82) is 0 Å². The number of rotatable bonds is 9. The topological polar surface area (TPSA) is 93.8 Å². The van der Waals surface area contributed by atoms with Crippen LogP contribution in [-0.2, 0) is 15.3 Å². The van der Waals surface area contributed by atoms with E-state index >= 15 is 0 Å². The maximum absolute atomic E-state index is 11.7. The van der Waals surface area contributed by atoms with Crippen LogP contribution in [0.4, 0.5) is 0 Å². The summed E-state index contributed by atoms with van der Waals surface area (Å²) in [5.74, 6) is 0.978. The summed E-state index contributed by atoms with van der Waals surface area (Å²) in [7, 11) is 0. The zero-order valence-electron chi connectivity index (χ0n) is 13.6. The smallest absolute Gasteiger partial charge is 0.255 e. The minimum atomic E-state index is -0.529. The molecule has 0 aromatic heterocycles. The van der Waals surface area contributed by atoms with Gasteiger partial charge >= 0.3 is 0 Å². The molecule has 3 N–H and O–H groups in total. The van der Waals surface area contributed by atoms with Crippen LogP contribution in [0, 0.1) is 0 Å². The van der Waals surface area contributed by atoms with Crippen molar-refractivity contribution in [1.82, 2.24) is 5.43 Å². The highest BCUT2D eigenvalue weighted by atomic mass is 32.2. The monoisotopic (exact) mass is 357 g/mol. The molecule has 0 aliphatic heterocycles. The van der Waals surface area contributed by atoms with Crippen LogP contribution in [0.25, 0.3) is 0 Å². The van der Waals surface area contributed by atoms with E-state index in [-0.39, 0.29) is 12.5 Å². The fourth-order valence-corrected chi connectivity index (χ4v) is 2.63. The fourth-order valence-electron chi connectivity index (χ4n) is 1.85. The van der Waals surface area contributed by atoms with Crippen molar-refractivity contribution in [2.75, 3.05) is 12.4 Å². The minimum absolute atomic E-state index is 0.154. The van der Waals surface area contributed by atoms with Crippen molar-refractivity contribution in [3.05, 3.63) is 65.7 Å². The predicted octanol–water partition coefficient (Wildman–Crippen LogP) is 1.93. The van der Waals surface area contributed by atoms with Gasteiger partial charge in [0.2, 0.25) is 5.91 Å². The Labute approximate surface area is 150 Å². The Kier molecular flexibility index (Phi) is 7.52. The van der Waals surface area contributed by atoms with Crippen LogP contribution in [-0.4, -0.2) is 30.4 Å². The molecule has 2 aromatic rings. The van der Waals surface area contributed by atoms with E-state index in [1.807, 2.05) is 30.3 Å². The molecule has 25 heavy (non-hydrogen) atoms. The number of nitrogens with two attached hydrogens (primary N) is 1. The second-order valence-electron chi connectivity index (χ2n) is 5.10. The number of hydrogen-bond acceptors (Lipinski definition) is 5. The third kappa shape index (κ3) is 7.54. The lowest BCUT2D eigenvalue weighted by atomic mass is 10.2. The summed E-state index contributed by atoms with van der Waals surface area (Å²) in [6, 6.07) is 16.9. The molecule has 0 bridgehead atoms. The lowest BCUT2D eigenvalue weighted by Crippen LogP contribution is -2.20. The molecular weight excluding hydrogens is 338 g/mol. The molecule has 0 heterocycles. The van der Waals surface area contributed by atoms with Gasteiger partial charge in [-0.15, -0.1) is 11.8 Å². The maximum Gasteiger partial charge on any atom is 0.255 e. The Bertz CT molecular complexity index is 718. The molecule has 0 fully saturated rings. The predicted molar refractivity (Wildman–Crippen MR) is 99.5 cm³/mol. The van der Waals surface area contributed by atoms with Gasteiger partial charge in [0.05, 0.1) is 12.0 Å². The minimum Gasteiger partial charge on any atom is -0.484 e. The molecule has 0 radical (unpaired) electrons. The molecule has 2 rings (SSSR count). The molecule has 0 atom stereocenters. The molecule has 0 saturated carbocycles. The van der Waals surface area contributed by atoms with Gasteiger partial charge in [-0.25, -0.2) is 5.43 Å². The van der Waals surface area contributed by atoms with Gasteiger partial charge in [-0.05, 0) is 35.4 Å². The van der Waals surface area contributed by atoms with Crippen LogP contribution < -0.4 is 15.9 Å². The molecule has 0 spiro atoms. The lowest BCUT2D eigenvalue weighted by molar-refractivity contribution is -0.120. The van der Waals surface area contributed by atoms with Crippen molar-refractivity contribution in [2.45, 2.75) is 5.75 Å². The van der Waals surface area contributed by atoms with Gasteiger partial charge in [0.25, 0.3) is 5.91 Å². The number of thioether (sulfide) groups is 1. The van der Waals surface area contributed by atoms with Crippen molar-refractivity contribution in [3.63, 3.8) is 0 Å². The highest BCUT2D eigenvalue weighted by molar-refractivity contribution is 7.99. The van der Waals surface area contributed by atoms with Gasteiger partial charge in [-0.2, -0.15) is 5.10 Å².